The molecular formula is C24H30N4O3S2. The molecule has 1 aliphatic heterocycles. The lowest BCUT2D eigenvalue weighted by atomic mass is 10.0. The second-order valence-corrected chi connectivity index (χ2v) is 10.2. The lowest BCUT2D eigenvalue weighted by Crippen LogP contribution is -2.29. The van der Waals surface area contributed by atoms with Crippen molar-refractivity contribution in [3.63, 3.8) is 0 Å². The highest BCUT2D eigenvalue weighted by Crippen LogP contribution is 2.36. The fourth-order valence-electron chi connectivity index (χ4n) is 4.21. The monoisotopic (exact) mass is 486 g/mol. The van der Waals surface area contributed by atoms with Crippen molar-refractivity contribution in [3.8, 4) is 5.00 Å². The van der Waals surface area contributed by atoms with E-state index in [2.05, 4.69) is 34.4 Å². The summed E-state index contributed by atoms with van der Waals surface area (Å²) in [7, 11) is 0. The number of esters is 1. The normalized spacial score (nSPS) is 12.9. The van der Waals surface area contributed by atoms with Gasteiger partial charge in [-0.05, 0) is 56.5 Å². The van der Waals surface area contributed by atoms with E-state index in [1.807, 2.05) is 24.5 Å². The van der Waals surface area contributed by atoms with Gasteiger partial charge in [-0.25, -0.2) is 9.59 Å². The molecule has 0 fully saturated rings. The van der Waals surface area contributed by atoms with Crippen LogP contribution >= 0.6 is 22.7 Å². The minimum absolute atomic E-state index is 0.299. The van der Waals surface area contributed by atoms with Crippen molar-refractivity contribution in [2.24, 2.45) is 0 Å². The molecule has 0 aromatic carbocycles. The Hall–Kier alpha value is -2.62. The Labute approximate surface area is 202 Å². The van der Waals surface area contributed by atoms with Gasteiger partial charge in [0.25, 0.3) is 0 Å². The zero-order valence-corrected chi connectivity index (χ0v) is 20.9. The number of carbonyl (C=O) groups is 2. The highest BCUT2D eigenvalue weighted by Gasteiger charge is 2.27. The van der Waals surface area contributed by atoms with Crippen molar-refractivity contribution in [3.05, 3.63) is 56.5 Å². The van der Waals surface area contributed by atoms with Crippen molar-refractivity contribution in [2.75, 3.05) is 18.5 Å². The van der Waals surface area contributed by atoms with Crippen LogP contribution in [0, 0.1) is 6.92 Å². The van der Waals surface area contributed by atoms with E-state index in [0.29, 0.717) is 30.3 Å². The Balaban J connectivity index is 1.54. The molecule has 9 heteroatoms. The molecule has 1 aliphatic rings. The molecule has 0 aliphatic carbocycles. The van der Waals surface area contributed by atoms with Crippen LogP contribution in [0.15, 0.2) is 24.5 Å². The van der Waals surface area contributed by atoms with E-state index in [9.17, 15) is 9.59 Å². The van der Waals surface area contributed by atoms with Gasteiger partial charge in [0, 0.05) is 40.8 Å². The molecule has 3 aromatic rings. The molecule has 0 saturated carbocycles. The van der Waals surface area contributed by atoms with Gasteiger partial charge < -0.3 is 19.9 Å². The van der Waals surface area contributed by atoms with E-state index in [1.54, 1.807) is 18.3 Å². The van der Waals surface area contributed by atoms with Gasteiger partial charge in [0.15, 0.2) is 0 Å². The fourth-order valence-corrected chi connectivity index (χ4v) is 6.59. The van der Waals surface area contributed by atoms with Crippen LogP contribution in [0.2, 0.25) is 0 Å². The second kappa shape index (κ2) is 10.5. The van der Waals surface area contributed by atoms with E-state index in [4.69, 9.17) is 4.74 Å². The Kier molecular flexibility index (Phi) is 7.52. The number of hydrogen-bond donors (Lipinski definition) is 3. The number of anilines is 1. The molecule has 4 heterocycles. The number of aryl methyl sites for hydroxylation is 1. The van der Waals surface area contributed by atoms with Crippen LogP contribution in [0.3, 0.4) is 0 Å². The van der Waals surface area contributed by atoms with Gasteiger partial charge in [-0.3, -0.25) is 5.32 Å². The largest absolute Gasteiger partial charge is 0.462 e. The molecule has 0 spiro atoms. The first-order chi connectivity index (χ1) is 16.0. The number of nitrogens with one attached hydrogen (secondary N) is 3. The molecule has 0 radical (unpaired) electrons. The maximum Gasteiger partial charge on any atom is 0.341 e. The maximum atomic E-state index is 12.9. The number of amides is 2. The summed E-state index contributed by atoms with van der Waals surface area (Å²) >= 11 is 3.19. The molecule has 33 heavy (non-hydrogen) atoms. The van der Waals surface area contributed by atoms with E-state index in [1.165, 1.54) is 21.8 Å². The summed E-state index contributed by atoms with van der Waals surface area (Å²) in [6.45, 7) is 8.32. The Morgan fingerprint density at radius 1 is 1.18 bits per heavy atom. The van der Waals surface area contributed by atoms with E-state index < -0.39 is 0 Å². The van der Waals surface area contributed by atoms with Crippen molar-refractivity contribution < 1.29 is 14.3 Å². The molecule has 3 N–H and O–H groups in total. The van der Waals surface area contributed by atoms with Gasteiger partial charge in [-0.2, -0.15) is 0 Å². The predicted octanol–water partition coefficient (Wildman–Crippen LogP) is 5.01. The van der Waals surface area contributed by atoms with E-state index in [0.717, 1.165) is 46.8 Å². The molecule has 2 amide bonds. The number of fused-ring (bicyclic) bond motifs is 1. The third-order valence-electron chi connectivity index (χ3n) is 5.70. The Morgan fingerprint density at radius 3 is 2.70 bits per heavy atom. The smallest absolute Gasteiger partial charge is 0.341 e. The molecule has 4 rings (SSSR count). The molecule has 176 valence electrons. The number of ether oxygens (including phenoxy) is 1. The van der Waals surface area contributed by atoms with Crippen LogP contribution < -0.4 is 16.0 Å². The molecule has 7 nitrogen and oxygen atoms in total. The van der Waals surface area contributed by atoms with Crippen molar-refractivity contribution in [2.45, 2.75) is 53.1 Å². The average molecular weight is 487 g/mol. The van der Waals surface area contributed by atoms with Gasteiger partial charge in [-0.1, -0.05) is 13.3 Å². The molecule has 0 unspecified atom stereocenters. The van der Waals surface area contributed by atoms with Gasteiger partial charge in [0.1, 0.15) is 10.0 Å². The molecule has 3 aromatic heterocycles. The van der Waals surface area contributed by atoms with Gasteiger partial charge in [0.05, 0.1) is 12.2 Å². The minimum Gasteiger partial charge on any atom is -0.462 e. The number of nitrogens with zero attached hydrogens (tertiary/aromatic N) is 1. The topological polar surface area (TPSA) is 84.4 Å². The number of rotatable bonds is 8. The average Bonchev–Trinajstić information content (AvgIpc) is 3.51. The fraction of sp³-hybridized carbons (Fsp3) is 0.417. The zero-order valence-electron chi connectivity index (χ0n) is 19.2. The van der Waals surface area contributed by atoms with E-state index in [-0.39, 0.29) is 12.0 Å². The van der Waals surface area contributed by atoms with E-state index >= 15 is 0 Å². The van der Waals surface area contributed by atoms with Gasteiger partial charge >= 0.3 is 12.0 Å². The first kappa shape index (κ1) is 23.5. The Bertz CT molecular complexity index is 1130. The molecule has 0 atom stereocenters. The third-order valence-corrected chi connectivity index (χ3v) is 8.05. The van der Waals surface area contributed by atoms with Crippen molar-refractivity contribution in [1.82, 2.24) is 15.2 Å². The van der Waals surface area contributed by atoms with Crippen LogP contribution in [-0.2, 0) is 30.7 Å². The second-order valence-electron chi connectivity index (χ2n) is 7.92. The standard InChI is InChI=1S/C24H30N4O3S2/c1-4-8-16-15(3)32-22(28-11-6-7-12-28)18(16)13-26-24(30)27-21-20(23(29)31-5-2)17-9-10-25-14-19(17)33-21/h6-7,11-12,25H,4-5,8-10,13-14H2,1-3H3,(H2,26,27,30). The molecule has 0 bridgehead atoms. The summed E-state index contributed by atoms with van der Waals surface area (Å²) in [5.74, 6) is -0.374. The summed E-state index contributed by atoms with van der Waals surface area (Å²) in [6.07, 6.45) is 6.82. The SMILES string of the molecule is CCCc1c(C)sc(-n2cccc2)c1CNC(=O)Nc1sc2c(c1C(=O)OCC)CCNC2. The summed E-state index contributed by atoms with van der Waals surface area (Å²) in [5, 5.41) is 11.0. The van der Waals surface area contributed by atoms with Crippen LogP contribution in [0.5, 0.6) is 0 Å². The zero-order chi connectivity index (χ0) is 23.4. The predicted molar refractivity (Wildman–Crippen MR) is 134 cm³/mol. The highest BCUT2D eigenvalue weighted by atomic mass is 32.1. The number of thiophene rings is 2. The number of urea groups is 1. The molecular weight excluding hydrogens is 456 g/mol. The van der Waals surface area contributed by atoms with Crippen molar-refractivity contribution in [1.29, 1.82) is 0 Å². The van der Waals surface area contributed by atoms with Crippen LogP contribution in [0.4, 0.5) is 9.80 Å². The van der Waals surface area contributed by atoms with Crippen LogP contribution in [0.1, 0.15) is 57.1 Å². The lowest BCUT2D eigenvalue weighted by Gasteiger charge is -2.14. The van der Waals surface area contributed by atoms with Crippen LogP contribution in [0.25, 0.3) is 5.00 Å². The first-order valence-corrected chi connectivity index (χ1v) is 13.0. The summed E-state index contributed by atoms with van der Waals surface area (Å²) in [6, 6.07) is 3.68. The summed E-state index contributed by atoms with van der Waals surface area (Å²) in [4.78, 5) is 27.9. The van der Waals surface area contributed by atoms with Crippen molar-refractivity contribution >= 4 is 39.7 Å². The third kappa shape index (κ3) is 5.00. The Morgan fingerprint density at radius 2 is 1.97 bits per heavy atom. The maximum absolute atomic E-state index is 12.9. The number of hydrogen-bond acceptors (Lipinski definition) is 6. The van der Waals surface area contributed by atoms with Gasteiger partial charge in [-0.15, -0.1) is 22.7 Å². The summed E-state index contributed by atoms with van der Waals surface area (Å²) < 4.78 is 7.38. The van der Waals surface area contributed by atoms with Crippen LogP contribution in [-0.4, -0.2) is 29.7 Å². The summed E-state index contributed by atoms with van der Waals surface area (Å²) in [5.41, 5.74) is 3.93. The number of aromatic nitrogens is 1. The highest BCUT2D eigenvalue weighted by molar-refractivity contribution is 7.17. The number of carbonyl (C=O) groups excluding carboxylic acids is 2. The lowest BCUT2D eigenvalue weighted by molar-refractivity contribution is 0.0526. The first-order valence-electron chi connectivity index (χ1n) is 11.3. The van der Waals surface area contributed by atoms with Gasteiger partial charge in [0.2, 0.25) is 0 Å². The minimum atomic E-state index is -0.374. The molecule has 0 saturated heterocycles. The quantitative estimate of drug-likeness (QED) is 0.391.